The molecule has 0 aliphatic heterocycles. The summed E-state index contributed by atoms with van der Waals surface area (Å²) in [6, 6.07) is 6.55. The molecule has 3 aromatic heterocycles. The minimum absolute atomic E-state index is 0.0117. The number of amides is 1. The van der Waals surface area contributed by atoms with Gasteiger partial charge in [-0.05, 0) is 66.7 Å². The number of alkyl halides is 8. The number of pyridine rings is 1. The molecule has 312 valence electrons. The maximum atomic E-state index is 15.6. The number of fused-ring (bicyclic) bond motifs is 2. The Bertz CT molecular complexity index is 2520. The van der Waals surface area contributed by atoms with Crippen LogP contribution in [0.2, 0.25) is 5.02 Å². The Balaban J connectivity index is 1.57. The summed E-state index contributed by atoms with van der Waals surface area (Å²) in [4.78, 5) is 18.6. The van der Waals surface area contributed by atoms with Crippen LogP contribution in [0.25, 0.3) is 22.0 Å². The Kier molecular flexibility index (Phi) is 11.8. The van der Waals surface area contributed by atoms with Crippen molar-refractivity contribution in [3.8, 4) is 23.0 Å². The Morgan fingerprint density at radius 1 is 1.02 bits per heavy atom. The molecule has 0 spiro atoms. The summed E-state index contributed by atoms with van der Waals surface area (Å²) in [6.45, 7) is 4.85. The van der Waals surface area contributed by atoms with Gasteiger partial charge in [0, 0.05) is 34.9 Å². The number of hydrogen-bond donors (Lipinski definition) is 2. The summed E-state index contributed by atoms with van der Waals surface area (Å²) >= 11 is 7.57. The van der Waals surface area contributed by atoms with Gasteiger partial charge >= 0.3 is 12.4 Å². The summed E-state index contributed by atoms with van der Waals surface area (Å²) in [7, 11) is 0. The van der Waals surface area contributed by atoms with E-state index in [1.54, 1.807) is 13.2 Å². The van der Waals surface area contributed by atoms with E-state index in [0.29, 0.717) is 16.3 Å². The molecule has 2 unspecified atom stereocenters. The Morgan fingerprint density at radius 3 is 2.29 bits per heavy atom. The number of nitrogens with one attached hydrogen (secondary N) is 2. The zero-order valence-electron chi connectivity index (χ0n) is 31.3. The van der Waals surface area contributed by atoms with Crippen molar-refractivity contribution < 1.29 is 48.7 Å². The topological polar surface area (TPSA) is 89.7 Å². The molecular formula is C39H32ClF10N7OS. The number of nitrogens with zero attached hydrogens (tertiary/aromatic N) is 5. The van der Waals surface area contributed by atoms with Gasteiger partial charge in [-0.1, -0.05) is 56.0 Å². The smallest absolute Gasteiger partial charge is 0.346 e. The number of carbonyl (C=O) groups is 1. The van der Waals surface area contributed by atoms with Gasteiger partial charge in [0.05, 0.1) is 27.7 Å². The minimum Gasteiger partial charge on any atom is -0.346 e. The van der Waals surface area contributed by atoms with Gasteiger partial charge in [0.1, 0.15) is 36.1 Å². The van der Waals surface area contributed by atoms with Crippen molar-refractivity contribution in [3.63, 3.8) is 0 Å². The van der Waals surface area contributed by atoms with E-state index < -0.39 is 90.2 Å². The van der Waals surface area contributed by atoms with Crippen LogP contribution in [0.15, 0.2) is 54.6 Å². The largest absolute Gasteiger partial charge is 0.435 e. The average molecular weight is 872 g/mol. The summed E-state index contributed by atoms with van der Waals surface area (Å²) in [5.74, 6) is -4.40. The monoisotopic (exact) mass is 871 g/mol. The lowest BCUT2D eigenvalue weighted by Gasteiger charge is -2.24. The highest BCUT2D eigenvalue weighted by Gasteiger charge is 2.57. The van der Waals surface area contributed by atoms with Crippen LogP contribution in [0, 0.1) is 29.4 Å². The van der Waals surface area contributed by atoms with Gasteiger partial charge in [0.2, 0.25) is 5.91 Å². The first-order valence-corrected chi connectivity index (χ1v) is 19.1. The molecule has 20 heteroatoms. The van der Waals surface area contributed by atoms with Crippen molar-refractivity contribution in [1.29, 1.82) is 0 Å². The summed E-state index contributed by atoms with van der Waals surface area (Å²) in [5.41, 5.74) is -3.22. The van der Waals surface area contributed by atoms with Gasteiger partial charge in [0.15, 0.2) is 11.5 Å². The van der Waals surface area contributed by atoms with E-state index in [2.05, 4.69) is 43.6 Å². The van der Waals surface area contributed by atoms with Gasteiger partial charge < -0.3 is 10.0 Å². The molecule has 3 atom stereocenters. The molecule has 6 rings (SSSR count). The SMILES string of the molecule is C=C(C)C#Cc1ccc(-c2ccc(Cl)c3c(NSC)nn(CC(F)(F)F)c23)c(C(Cc2cc(F)cc(F)c2)NC(=O)Cn2nc(C(F)(F)F)c3c2C(F)(F)C(C)[C@@H]3C)n1. The number of halogens is 11. The molecular weight excluding hydrogens is 840 g/mol. The average Bonchev–Trinajstić information content (AvgIpc) is 3.73. The number of hydrogen-bond acceptors (Lipinski definition) is 6. The third-order valence-corrected chi connectivity index (χ3v) is 10.4. The molecule has 0 fully saturated rings. The summed E-state index contributed by atoms with van der Waals surface area (Å²) in [6.07, 6.45) is -8.81. The first kappa shape index (κ1) is 43.4. The van der Waals surface area contributed by atoms with Crippen LogP contribution in [0.3, 0.4) is 0 Å². The number of aromatic nitrogens is 5. The maximum absolute atomic E-state index is 15.6. The second-order valence-electron chi connectivity index (χ2n) is 14.0. The fraction of sp³-hybridized carbons (Fsp3) is 0.333. The minimum atomic E-state index is -5.15. The zero-order valence-corrected chi connectivity index (χ0v) is 32.9. The zero-order chi connectivity index (χ0) is 43.4. The second-order valence-corrected chi connectivity index (χ2v) is 15.0. The fourth-order valence-corrected chi connectivity index (χ4v) is 7.66. The van der Waals surface area contributed by atoms with Crippen molar-refractivity contribution in [2.45, 2.75) is 70.5 Å². The molecule has 5 aromatic rings. The molecule has 0 radical (unpaired) electrons. The lowest BCUT2D eigenvalue weighted by atomic mass is 9.93. The Morgan fingerprint density at radius 2 is 1.68 bits per heavy atom. The molecule has 2 N–H and O–H groups in total. The summed E-state index contributed by atoms with van der Waals surface area (Å²) in [5, 5.41) is 10.2. The van der Waals surface area contributed by atoms with Crippen molar-refractivity contribution in [2.24, 2.45) is 5.92 Å². The Labute approximate surface area is 339 Å². The van der Waals surface area contributed by atoms with Crippen molar-refractivity contribution in [2.75, 3.05) is 11.0 Å². The first-order chi connectivity index (χ1) is 27.5. The predicted molar refractivity (Wildman–Crippen MR) is 203 cm³/mol. The molecule has 59 heavy (non-hydrogen) atoms. The number of benzene rings is 2. The molecule has 1 amide bonds. The van der Waals surface area contributed by atoms with Crippen LogP contribution in [0.4, 0.5) is 49.7 Å². The predicted octanol–water partition coefficient (Wildman–Crippen LogP) is 10.4. The maximum Gasteiger partial charge on any atom is 0.435 e. The number of allylic oxidation sites excluding steroid dienone is 1. The molecule has 3 heterocycles. The van der Waals surface area contributed by atoms with Gasteiger partial charge in [-0.2, -0.15) is 45.3 Å². The number of carbonyl (C=O) groups excluding carboxylic acids is 1. The highest BCUT2D eigenvalue weighted by Crippen LogP contribution is 2.55. The normalized spacial score (nSPS) is 16.7. The molecule has 0 saturated carbocycles. The molecule has 8 nitrogen and oxygen atoms in total. The molecule has 2 aromatic carbocycles. The van der Waals surface area contributed by atoms with Crippen molar-refractivity contribution in [3.05, 3.63) is 105 Å². The van der Waals surface area contributed by atoms with Gasteiger partial charge in [-0.15, -0.1) is 0 Å². The summed E-state index contributed by atoms with van der Waals surface area (Å²) < 4.78 is 149. The number of anilines is 1. The lowest BCUT2D eigenvalue weighted by molar-refractivity contribution is -0.143. The van der Waals surface area contributed by atoms with E-state index in [4.69, 9.17) is 11.6 Å². The van der Waals surface area contributed by atoms with E-state index in [9.17, 15) is 39.9 Å². The molecule has 1 aliphatic carbocycles. The van der Waals surface area contributed by atoms with E-state index in [1.165, 1.54) is 31.2 Å². The van der Waals surface area contributed by atoms with Crippen LogP contribution < -0.4 is 10.0 Å². The van der Waals surface area contributed by atoms with E-state index in [1.807, 2.05) is 0 Å². The van der Waals surface area contributed by atoms with E-state index in [-0.39, 0.29) is 54.5 Å². The fourth-order valence-electron chi connectivity index (χ4n) is 7.08. The first-order valence-electron chi connectivity index (χ1n) is 17.5. The lowest BCUT2D eigenvalue weighted by Crippen LogP contribution is -2.35. The van der Waals surface area contributed by atoms with Gasteiger partial charge in [0.25, 0.3) is 5.92 Å². The van der Waals surface area contributed by atoms with Crippen LogP contribution in [0.1, 0.15) is 66.6 Å². The Hall–Kier alpha value is -5.22. The third kappa shape index (κ3) is 8.88. The van der Waals surface area contributed by atoms with E-state index >= 15 is 8.78 Å². The number of rotatable bonds is 10. The molecule has 0 bridgehead atoms. The van der Waals surface area contributed by atoms with Gasteiger partial charge in [-0.3, -0.25) is 14.2 Å². The highest BCUT2D eigenvalue weighted by atomic mass is 35.5. The standard InChI is InChI=1S/C39H32ClF10N7OS/c1-18(2)6-7-24-8-9-25(26-10-11-27(40)31-33(26)57(17-37(43,44)45)54-36(31)55-59-5)32(51-24)28(14-21-12-22(41)15-23(42)13-21)52-29(58)16-56-35-30(34(53-56)39(48,49)50)19(3)20(4)38(35,46)47/h8-13,15,19-20,28H,1,14,16-17H2,2-5H3,(H,52,58)(H,54,55)/t19-,20?,28?/m0/s1. The van der Waals surface area contributed by atoms with Gasteiger partial charge in [-0.25, -0.2) is 13.8 Å². The third-order valence-electron chi connectivity index (χ3n) is 9.66. The van der Waals surface area contributed by atoms with Crippen molar-refractivity contribution >= 4 is 46.2 Å². The van der Waals surface area contributed by atoms with Crippen LogP contribution in [-0.2, 0) is 36.4 Å². The second kappa shape index (κ2) is 16.1. The molecule has 1 aliphatic rings. The van der Waals surface area contributed by atoms with Crippen LogP contribution >= 0.6 is 23.5 Å². The van der Waals surface area contributed by atoms with E-state index in [0.717, 1.165) is 31.0 Å². The van der Waals surface area contributed by atoms with Crippen LogP contribution in [0.5, 0.6) is 0 Å². The van der Waals surface area contributed by atoms with Crippen molar-refractivity contribution in [1.82, 2.24) is 29.9 Å². The quantitative estimate of drug-likeness (QED) is 0.0826. The van der Waals surface area contributed by atoms with Crippen LogP contribution in [-0.4, -0.2) is 42.9 Å². The highest BCUT2D eigenvalue weighted by molar-refractivity contribution is 7.99. The molecule has 0 saturated heterocycles.